The van der Waals surface area contributed by atoms with Gasteiger partial charge in [-0.25, -0.2) is 19.4 Å². The summed E-state index contributed by atoms with van der Waals surface area (Å²) in [6.07, 6.45) is -0.573. The summed E-state index contributed by atoms with van der Waals surface area (Å²) in [4.78, 5) is 38.6. The third-order valence-corrected chi connectivity index (χ3v) is 2.63. The van der Waals surface area contributed by atoms with Crippen LogP contribution in [0.25, 0.3) is 0 Å². The molecule has 1 heterocycles. The highest BCUT2D eigenvalue weighted by molar-refractivity contribution is 5.92. The number of alkyl carbamates (subject to hydrolysis) is 1. The van der Waals surface area contributed by atoms with Gasteiger partial charge in [0.2, 0.25) is 0 Å². The molecule has 1 amide bonds. The first-order chi connectivity index (χ1) is 11.7. The average molecular weight is 354 g/mol. The van der Waals surface area contributed by atoms with Crippen LogP contribution in [0.15, 0.2) is 12.1 Å². The van der Waals surface area contributed by atoms with Gasteiger partial charge in [-0.1, -0.05) is 0 Å². The van der Waals surface area contributed by atoms with Crippen LogP contribution in [0.1, 0.15) is 41.7 Å². The zero-order valence-electron chi connectivity index (χ0n) is 14.9. The fourth-order valence-corrected chi connectivity index (χ4v) is 1.64. The molecule has 0 saturated carbocycles. The van der Waals surface area contributed by atoms with Crippen LogP contribution in [0, 0.1) is 0 Å². The molecular formula is C16H22N2O7. The van der Waals surface area contributed by atoms with E-state index in [-0.39, 0.29) is 30.3 Å². The smallest absolute Gasteiger partial charge is 0.407 e. The lowest BCUT2D eigenvalue weighted by Crippen LogP contribution is -2.34. The van der Waals surface area contributed by atoms with Crippen LogP contribution in [0.5, 0.6) is 5.75 Å². The number of hydrogen-bond donors (Lipinski definition) is 1. The normalized spacial score (nSPS) is 10.6. The third-order valence-electron chi connectivity index (χ3n) is 2.63. The highest BCUT2D eigenvalue weighted by atomic mass is 16.6. The van der Waals surface area contributed by atoms with Crippen LogP contribution >= 0.6 is 0 Å². The fraction of sp³-hybridized carbons (Fsp3) is 0.500. The van der Waals surface area contributed by atoms with Gasteiger partial charge in [-0.15, -0.1) is 0 Å². The molecule has 1 aromatic rings. The van der Waals surface area contributed by atoms with E-state index in [0.29, 0.717) is 0 Å². The summed E-state index contributed by atoms with van der Waals surface area (Å²) in [5, 5.41) is 2.52. The SMILES string of the molecule is COC(=O)c1cc(OCCNC(=O)OC(C)(C)C)cc(C(=O)OC)n1. The first-order valence-corrected chi connectivity index (χ1v) is 7.44. The number of pyridine rings is 1. The lowest BCUT2D eigenvalue weighted by Gasteiger charge is -2.19. The first kappa shape index (κ1) is 20.2. The molecule has 0 saturated heterocycles. The van der Waals surface area contributed by atoms with Gasteiger partial charge in [0.1, 0.15) is 18.0 Å². The lowest BCUT2D eigenvalue weighted by atomic mass is 10.2. The van der Waals surface area contributed by atoms with Crippen molar-refractivity contribution in [3.8, 4) is 5.75 Å². The summed E-state index contributed by atoms with van der Waals surface area (Å²) in [6.45, 7) is 5.51. The van der Waals surface area contributed by atoms with E-state index in [2.05, 4.69) is 19.8 Å². The molecule has 9 nitrogen and oxygen atoms in total. The van der Waals surface area contributed by atoms with Crippen LogP contribution in [-0.4, -0.2) is 56.0 Å². The van der Waals surface area contributed by atoms with E-state index in [9.17, 15) is 14.4 Å². The van der Waals surface area contributed by atoms with Crippen molar-refractivity contribution in [1.29, 1.82) is 0 Å². The highest BCUT2D eigenvalue weighted by Gasteiger charge is 2.17. The van der Waals surface area contributed by atoms with Crippen LogP contribution in [0.3, 0.4) is 0 Å². The molecule has 0 atom stereocenters. The molecule has 0 aromatic carbocycles. The Labute approximate surface area is 145 Å². The molecule has 0 aliphatic carbocycles. The molecule has 1 N–H and O–H groups in total. The molecule has 138 valence electrons. The van der Waals surface area contributed by atoms with Gasteiger partial charge < -0.3 is 24.3 Å². The lowest BCUT2D eigenvalue weighted by molar-refractivity contribution is 0.0518. The minimum atomic E-state index is -0.720. The Balaban J connectivity index is 2.70. The summed E-state index contributed by atoms with van der Waals surface area (Å²) in [5.74, 6) is -1.23. The first-order valence-electron chi connectivity index (χ1n) is 7.44. The van der Waals surface area contributed by atoms with Gasteiger partial charge >= 0.3 is 18.0 Å². The summed E-state index contributed by atoms with van der Waals surface area (Å²) < 4.78 is 19.7. The van der Waals surface area contributed by atoms with E-state index in [1.807, 2.05) is 0 Å². The molecule has 0 spiro atoms. The molecule has 25 heavy (non-hydrogen) atoms. The molecule has 9 heteroatoms. The molecule has 0 unspecified atom stereocenters. The Morgan fingerprint density at radius 3 is 2.00 bits per heavy atom. The van der Waals surface area contributed by atoms with Crippen molar-refractivity contribution in [3.05, 3.63) is 23.5 Å². The number of esters is 2. The van der Waals surface area contributed by atoms with Gasteiger partial charge in [0, 0.05) is 12.1 Å². The number of ether oxygens (including phenoxy) is 4. The van der Waals surface area contributed by atoms with Crippen molar-refractivity contribution in [3.63, 3.8) is 0 Å². The average Bonchev–Trinajstić information content (AvgIpc) is 2.55. The highest BCUT2D eigenvalue weighted by Crippen LogP contribution is 2.16. The van der Waals surface area contributed by atoms with E-state index in [1.165, 1.54) is 26.4 Å². The number of nitrogens with one attached hydrogen (secondary N) is 1. The van der Waals surface area contributed by atoms with E-state index in [1.54, 1.807) is 20.8 Å². The Bertz CT molecular complexity index is 604. The van der Waals surface area contributed by atoms with Crippen molar-refractivity contribution >= 4 is 18.0 Å². The number of methoxy groups -OCH3 is 2. The number of carbonyl (C=O) groups is 3. The second kappa shape index (κ2) is 8.86. The van der Waals surface area contributed by atoms with Crippen molar-refractivity contribution in [2.45, 2.75) is 26.4 Å². The van der Waals surface area contributed by atoms with Crippen LogP contribution < -0.4 is 10.1 Å². The zero-order chi connectivity index (χ0) is 19.0. The Morgan fingerprint density at radius 1 is 1.04 bits per heavy atom. The van der Waals surface area contributed by atoms with Crippen molar-refractivity contribution in [2.24, 2.45) is 0 Å². The predicted octanol–water partition coefficient (Wildman–Crippen LogP) is 1.56. The maximum Gasteiger partial charge on any atom is 0.407 e. The number of carbonyl (C=O) groups excluding carboxylic acids is 3. The Kier molecular flexibility index (Phi) is 7.16. The predicted molar refractivity (Wildman–Crippen MR) is 86.6 cm³/mol. The zero-order valence-corrected chi connectivity index (χ0v) is 14.9. The quantitative estimate of drug-likeness (QED) is 0.465. The van der Waals surface area contributed by atoms with Gasteiger partial charge in [0.15, 0.2) is 11.4 Å². The van der Waals surface area contributed by atoms with Gasteiger partial charge in [0.25, 0.3) is 0 Å². The van der Waals surface area contributed by atoms with Gasteiger partial charge in [0.05, 0.1) is 20.8 Å². The number of aromatic nitrogens is 1. The molecule has 0 bridgehead atoms. The van der Waals surface area contributed by atoms with Gasteiger partial charge in [-0.3, -0.25) is 0 Å². The minimum Gasteiger partial charge on any atom is -0.492 e. The third kappa shape index (κ3) is 7.06. The summed E-state index contributed by atoms with van der Waals surface area (Å²) >= 11 is 0. The maximum absolute atomic E-state index is 11.6. The number of nitrogens with zero attached hydrogens (tertiary/aromatic N) is 1. The minimum absolute atomic E-state index is 0.0878. The monoisotopic (exact) mass is 354 g/mol. The number of hydrogen-bond acceptors (Lipinski definition) is 8. The number of amides is 1. The summed E-state index contributed by atoms with van der Waals surface area (Å²) in [6, 6.07) is 2.65. The molecule has 1 rings (SSSR count). The molecular weight excluding hydrogens is 332 g/mol. The number of rotatable bonds is 6. The van der Waals surface area contributed by atoms with Gasteiger partial charge in [-0.05, 0) is 20.8 Å². The van der Waals surface area contributed by atoms with Crippen molar-refractivity contribution in [2.75, 3.05) is 27.4 Å². The molecule has 1 aromatic heterocycles. The summed E-state index contributed by atoms with van der Waals surface area (Å²) in [5.41, 5.74) is -0.790. The molecule has 0 aliphatic heterocycles. The van der Waals surface area contributed by atoms with Crippen LogP contribution in [0.2, 0.25) is 0 Å². The fourth-order valence-electron chi connectivity index (χ4n) is 1.64. The van der Waals surface area contributed by atoms with Crippen LogP contribution in [0.4, 0.5) is 4.79 Å². The maximum atomic E-state index is 11.6. The molecule has 0 fully saturated rings. The van der Waals surface area contributed by atoms with E-state index in [0.717, 1.165) is 0 Å². The van der Waals surface area contributed by atoms with E-state index >= 15 is 0 Å². The second-order valence-corrected chi connectivity index (χ2v) is 5.83. The van der Waals surface area contributed by atoms with Crippen LogP contribution in [-0.2, 0) is 14.2 Å². The van der Waals surface area contributed by atoms with Crippen molar-refractivity contribution < 1.29 is 33.3 Å². The second-order valence-electron chi connectivity index (χ2n) is 5.83. The molecule has 0 radical (unpaired) electrons. The van der Waals surface area contributed by atoms with Crippen molar-refractivity contribution in [1.82, 2.24) is 10.3 Å². The summed E-state index contributed by atoms with van der Waals surface area (Å²) in [7, 11) is 2.39. The Hall–Kier alpha value is -2.84. The largest absolute Gasteiger partial charge is 0.492 e. The van der Waals surface area contributed by atoms with Gasteiger partial charge in [-0.2, -0.15) is 0 Å². The standard InChI is InChI=1S/C16H22N2O7/c1-16(2,3)25-15(21)17-6-7-24-10-8-11(13(19)22-4)18-12(9-10)14(20)23-5/h8-9H,6-7H2,1-5H3,(H,17,21). The molecule has 0 aliphatic rings. The van der Waals surface area contributed by atoms with E-state index in [4.69, 9.17) is 9.47 Å². The topological polar surface area (TPSA) is 113 Å². The Morgan fingerprint density at radius 2 is 1.56 bits per heavy atom. The van der Waals surface area contributed by atoms with E-state index < -0.39 is 23.6 Å².